The fraction of sp³-hybridized carbons (Fsp3) is 0.0469. The van der Waals surface area contributed by atoms with E-state index < -0.39 is 26.6 Å². The molecule has 0 fully saturated rings. The van der Waals surface area contributed by atoms with Crippen LogP contribution < -0.4 is 0 Å². The summed E-state index contributed by atoms with van der Waals surface area (Å²) in [6.07, 6.45) is 0. The molecule has 10 heteroatoms. The molecule has 362 valence electrons. The molecule has 14 rings (SSSR count). The number of carbonyl (C=O) groups is 1. The van der Waals surface area contributed by atoms with Crippen LogP contribution in [0.5, 0.6) is 0 Å². The molecule has 0 saturated heterocycles. The second-order valence-electron chi connectivity index (χ2n) is 18.2. The van der Waals surface area contributed by atoms with Gasteiger partial charge in [-0.05, 0) is 138 Å². The number of aliphatic carboxylic acids is 1. The lowest BCUT2D eigenvalue weighted by Crippen LogP contribution is -2.38. The van der Waals surface area contributed by atoms with Crippen molar-refractivity contribution in [3.63, 3.8) is 0 Å². The summed E-state index contributed by atoms with van der Waals surface area (Å²) in [5.74, 6) is -0.833. The Kier molecular flexibility index (Phi) is 13.0. The third kappa shape index (κ3) is 7.57. The Labute approximate surface area is 450 Å². The Morgan fingerprint density at radius 1 is 0.378 bits per heavy atom. The van der Waals surface area contributed by atoms with Crippen LogP contribution in [0.4, 0.5) is 0 Å². The van der Waals surface area contributed by atoms with E-state index >= 15 is 0 Å². The van der Waals surface area contributed by atoms with Gasteiger partial charge in [-0.15, -0.1) is 0 Å². The van der Waals surface area contributed by atoms with Gasteiger partial charge in [0.05, 0.1) is 20.6 Å². The fourth-order valence-electron chi connectivity index (χ4n) is 11.8. The molecule has 0 atom stereocenters. The highest BCUT2D eigenvalue weighted by Gasteiger charge is 2.52. The van der Waals surface area contributed by atoms with Crippen molar-refractivity contribution < 1.29 is 28.8 Å². The number of halogens is 2. The lowest BCUT2D eigenvalue weighted by atomic mass is 9.63. The number of fused-ring (bicyclic) bond motifs is 22. The quantitative estimate of drug-likeness (QED) is 0.102. The molecule has 0 amide bonds. The van der Waals surface area contributed by atoms with E-state index in [2.05, 4.69) is 214 Å². The summed E-state index contributed by atoms with van der Waals surface area (Å²) in [5.41, 5.74) is 17.6. The molecule has 0 radical (unpaired) electrons. The molecule has 6 nitrogen and oxygen atoms in total. The van der Waals surface area contributed by atoms with Crippen molar-refractivity contribution in [3.05, 3.63) is 284 Å². The first-order valence-electron chi connectivity index (χ1n) is 23.8. The van der Waals surface area contributed by atoms with E-state index in [1.54, 1.807) is 12.1 Å². The van der Waals surface area contributed by atoms with Gasteiger partial charge in [-0.25, -0.2) is 8.42 Å². The highest BCUT2D eigenvalue weighted by molar-refractivity contribution is 9.10. The average Bonchev–Trinajstić information content (AvgIpc) is 3.62. The molecule has 2 aliphatic heterocycles. The number of rotatable bonds is 0. The van der Waals surface area contributed by atoms with Gasteiger partial charge in [0.2, 0.25) is 9.84 Å². The molecule has 0 unspecified atom stereocenters. The third-order valence-corrected chi connectivity index (χ3v) is 18.4. The lowest BCUT2D eigenvalue weighted by Gasteiger charge is -2.42. The summed E-state index contributed by atoms with van der Waals surface area (Å²) < 4.78 is 29.9. The van der Waals surface area contributed by atoms with Crippen LogP contribution in [0, 0.1) is 0 Å². The van der Waals surface area contributed by atoms with E-state index in [1.165, 1.54) is 54.3 Å². The van der Waals surface area contributed by atoms with Gasteiger partial charge in [0, 0.05) is 25.7 Å². The number of sulfone groups is 1. The lowest BCUT2D eigenvalue weighted by molar-refractivity contribution is -0.176. The van der Waals surface area contributed by atoms with Crippen molar-refractivity contribution in [2.45, 2.75) is 37.3 Å². The SMILES string of the molecule is Brc1ccc2c(c1)C1(c3ccccc3Sc3ccccc31)c1ccccc1-c1ccccc1-2.CC(=O)O.O=S1(=O)c2ccccc2C2(c3ccccc3-c3ccccc3-c3ccc(Br)cc32)c2ccccc21.OO. The number of carboxylic acid groups (broad SMARTS) is 1. The Balaban J connectivity index is 0.000000144. The molecule has 4 aliphatic rings. The molecular formula is C64H44Br2O6S2. The minimum atomic E-state index is -3.68. The van der Waals surface area contributed by atoms with Crippen LogP contribution in [0.2, 0.25) is 0 Å². The average molecular weight is 1130 g/mol. The van der Waals surface area contributed by atoms with Crippen LogP contribution in [0.3, 0.4) is 0 Å². The van der Waals surface area contributed by atoms with Crippen molar-refractivity contribution in [2.24, 2.45) is 0 Å². The number of benzene rings is 10. The summed E-state index contributed by atoms with van der Waals surface area (Å²) in [6.45, 7) is 1.08. The third-order valence-electron chi connectivity index (χ3n) is 14.4. The molecule has 74 heavy (non-hydrogen) atoms. The van der Waals surface area contributed by atoms with Crippen molar-refractivity contribution in [3.8, 4) is 44.5 Å². The second-order valence-corrected chi connectivity index (χ2v) is 23.0. The Bertz CT molecular complexity index is 3880. The largest absolute Gasteiger partial charge is 0.481 e. The Hall–Kier alpha value is -7.15. The first-order chi connectivity index (χ1) is 36.1. The Morgan fingerprint density at radius 2 is 0.649 bits per heavy atom. The maximum Gasteiger partial charge on any atom is 0.300 e. The normalized spacial score (nSPS) is 14.2. The monoisotopic (exact) mass is 1130 g/mol. The molecular weight excluding hydrogens is 1090 g/mol. The first-order valence-corrected chi connectivity index (χ1v) is 27.6. The smallest absolute Gasteiger partial charge is 0.300 e. The predicted octanol–water partition coefficient (Wildman–Crippen LogP) is 16.7. The summed E-state index contributed by atoms with van der Waals surface area (Å²) in [6, 6.07) is 80.9. The number of hydrogen-bond donors (Lipinski definition) is 3. The van der Waals surface area contributed by atoms with Gasteiger partial charge >= 0.3 is 0 Å². The Morgan fingerprint density at radius 3 is 1.03 bits per heavy atom. The summed E-state index contributed by atoms with van der Waals surface area (Å²) in [4.78, 5) is 12.4. The van der Waals surface area contributed by atoms with Crippen molar-refractivity contribution in [1.29, 1.82) is 0 Å². The molecule has 2 aliphatic carbocycles. The van der Waals surface area contributed by atoms with Gasteiger partial charge in [0.15, 0.2) is 0 Å². The van der Waals surface area contributed by atoms with Gasteiger partial charge < -0.3 is 5.11 Å². The molecule has 3 N–H and O–H groups in total. The highest BCUT2D eigenvalue weighted by Crippen LogP contribution is 2.62. The van der Waals surface area contributed by atoms with E-state index in [-0.39, 0.29) is 0 Å². The summed E-state index contributed by atoms with van der Waals surface area (Å²) in [7, 11) is -3.68. The van der Waals surface area contributed by atoms with Gasteiger partial charge in [-0.1, -0.05) is 226 Å². The van der Waals surface area contributed by atoms with Crippen molar-refractivity contribution >= 4 is 59.4 Å². The molecule has 0 aromatic heterocycles. The first kappa shape index (κ1) is 49.1. The van der Waals surface area contributed by atoms with Gasteiger partial charge in [-0.3, -0.25) is 15.3 Å². The van der Waals surface area contributed by atoms with Crippen molar-refractivity contribution in [1.82, 2.24) is 0 Å². The maximum absolute atomic E-state index is 13.9. The summed E-state index contributed by atoms with van der Waals surface area (Å²) in [5, 5.41) is 19.4. The van der Waals surface area contributed by atoms with Crippen LogP contribution >= 0.6 is 43.6 Å². The van der Waals surface area contributed by atoms with Gasteiger partial charge in [-0.2, -0.15) is 0 Å². The minimum absolute atomic E-state index is 0.366. The second kappa shape index (κ2) is 19.6. The maximum atomic E-state index is 13.9. The van der Waals surface area contributed by atoms with Crippen LogP contribution in [0.1, 0.15) is 51.4 Å². The highest BCUT2D eigenvalue weighted by atomic mass is 79.9. The zero-order chi connectivity index (χ0) is 51.4. The van der Waals surface area contributed by atoms with Crippen LogP contribution in [-0.2, 0) is 25.5 Å². The van der Waals surface area contributed by atoms with E-state index in [1.807, 2.05) is 48.2 Å². The van der Waals surface area contributed by atoms with Gasteiger partial charge in [0.25, 0.3) is 5.97 Å². The molecule has 0 bridgehead atoms. The molecule has 2 heterocycles. The minimum Gasteiger partial charge on any atom is -0.481 e. The molecule has 0 saturated carbocycles. The van der Waals surface area contributed by atoms with Crippen LogP contribution in [-0.4, -0.2) is 30.0 Å². The predicted molar refractivity (Wildman–Crippen MR) is 302 cm³/mol. The van der Waals surface area contributed by atoms with E-state index in [4.69, 9.17) is 20.4 Å². The van der Waals surface area contributed by atoms with Crippen molar-refractivity contribution in [2.75, 3.05) is 0 Å². The van der Waals surface area contributed by atoms with E-state index in [0.717, 1.165) is 60.4 Å². The van der Waals surface area contributed by atoms with E-state index in [9.17, 15) is 8.42 Å². The zero-order valence-electron chi connectivity index (χ0n) is 39.6. The topological polar surface area (TPSA) is 112 Å². The standard InChI is InChI=1S/C31H19BrO2S.C31H19BrS.C2H4O2.H2O2/c32-20-17-18-24-22-10-2-1-9-21(22)23-11-3-4-12-25(23)31(28(24)19-20)26-13-5-7-15-29(26)35(33,34)30-16-8-6-14-27(30)31;32-20-17-18-24-22-10-2-1-9-21(22)23-11-3-4-12-25(23)31(28(24)19-20)26-13-5-7-15-29(26)33-30-16-8-6-14-27(30)31;1-2(3)4;1-2/h1-19H;1-19H;1H3,(H,3,4);1-2H. The number of hydrogen-bond acceptors (Lipinski definition) is 6. The molecule has 10 aromatic rings. The zero-order valence-corrected chi connectivity index (χ0v) is 44.4. The van der Waals surface area contributed by atoms with Crippen LogP contribution in [0.25, 0.3) is 44.5 Å². The summed E-state index contributed by atoms with van der Waals surface area (Å²) >= 11 is 9.43. The van der Waals surface area contributed by atoms with E-state index in [0.29, 0.717) is 9.79 Å². The number of carboxylic acids is 1. The van der Waals surface area contributed by atoms with Gasteiger partial charge in [0.1, 0.15) is 0 Å². The van der Waals surface area contributed by atoms with Crippen LogP contribution in [0.15, 0.2) is 259 Å². The molecule has 2 spiro atoms. The fourth-order valence-corrected chi connectivity index (χ4v) is 15.5. The molecule has 10 aromatic carbocycles.